The number of pyridine rings is 1. The number of aryl methyl sites for hydroxylation is 2. The summed E-state index contributed by atoms with van der Waals surface area (Å²) < 4.78 is 33.6. The molecule has 0 radical (unpaired) electrons. The van der Waals surface area contributed by atoms with Crippen molar-refractivity contribution >= 4 is 69.6 Å². The summed E-state index contributed by atoms with van der Waals surface area (Å²) in [6.45, 7) is 8.28. The van der Waals surface area contributed by atoms with Crippen LogP contribution in [0.15, 0.2) is 36.5 Å². The first-order valence-electron chi connectivity index (χ1n) is 13.7. The van der Waals surface area contributed by atoms with Crippen LogP contribution in [0.25, 0.3) is 10.9 Å². The number of carbonyl (C=O) groups is 1. The molecule has 12 heteroatoms. The number of ketones is 1. The molecule has 5 rings (SSSR count). The molecule has 9 nitrogen and oxygen atoms in total. The number of piperidine rings is 1. The van der Waals surface area contributed by atoms with Crippen LogP contribution in [0.1, 0.15) is 31.0 Å². The summed E-state index contributed by atoms with van der Waals surface area (Å²) in [4.78, 5) is 27.3. The molecule has 2 aromatic heterocycles. The van der Waals surface area contributed by atoms with E-state index in [1.807, 2.05) is 12.1 Å². The highest BCUT2D eigenvalue weighted by molar-refractivity contribution is 7.71. The molecule has 0 bridgehead atoms. The number of nitrogens with one attached hydrogen (secondary N) is 2. The first-order valence-corrected chi connectivity index (χ1v) is 16.7. The third-order valence-corrected chi connectivity index (χ3v) is 9.16. The van der Waals surface area contributed by atoms with Crippen LogP contribution in [0.2, 0.25) is 5.02 Å². The lowest BCUT2D eigenvalue weighted by Crippen LogP contribution is -2.34. The Kier molecular flexibility index (Phi) is 8.39. The summed E-state index contributed by atoms with van der Waals surface area (Å²) in [7, 11) is -1.31. The minimum Gasteiger partial charge on any atom is -0.494 e. The molecule has 0 amide bonds. The van der Waals surface area contributed by atoms with E-state index in [1.165, 1.54) is 12.3 Å². The van der Waals surface area contributed by atoms with Gasteiger partial charge in [0.15, 0.2) is 5.82 Å². The van der Waals surface area contributed by atoms with Gasteiger partial charge in [-0.25, -0.2) is 9.37 Å². The SMILES string of the molecule is CCc1cc(Nc2ncc(Cl)c(Nc3ccc4nc(C)c(F)cc4c3P(C)(C)=O)n2)c(OC)cc1N1CCC(=O)CC1. The van der Waals surface area contributed by atoms with E-state index in [-0.39, 0.29) is 28.3 Å². The summed E-state index contributed by atoms with van der Waals surface area (Å²) in [6.07, 6.45) is 3.32. The molecule has 1 aliphatic heterocycles. The van der Waals surface area contributed by atoms with Crippen molar-refractivity contribution in [2.45, 2.75) is 33.1 Å². The van der Waals surface area contributed by atoms with Gasteiger partial charge in [-0.1, -0.05) is 18.5 Å². The molecule has 0 spiro atoms. The molecule has 1 saturated heterocycles. The Morgan fingerprint density at radius 1 is 1.10 bits per heavy atom. The lowest BCUT2D eigenvalue weighted by Gasteiger charge is -2.30. The molecule has 220 valence electrons. The first kappa shape index (κ1) is 29.7. The molecule has 2 aromatic carbocycles. The van der Waals surface area contributed by atoms with Crippen LogP contribution < -0.4 is 25.6 Å². The van der Waals surface area contributed by atoms with E-state index in [0.717, 1.165) is 17.7 Å². The predicted octanol–water partition coefficient (Wildman–Crippen LogP) is 6.60. The van der Waals surface area contributed by atoms with Gasteiger partial charge in [0.1, 0.15) is 29.5 Å². The van der Waals surface area contributed by atoms with Gasteiger partial charge >= 0.3 is 0 Å². The number of anilines is 5. The van der Waals surface area contributed by atoms with Crippen LogP contribution in [0.3, 0.4) is 0 Å². The lowest BCUT2D eigenvalue weighted by atomic mass is 10.0. The van der Waals surface area contributed by atoms with Crippen molar-refractivity contribution in [3.05, 3.63) is 58.6 Å². The van der Waals surface area contributed by atoms with Gasteiger partial charge in [-0.05, 0) is 56.5 Å². The number of ether oxygens (including phenoxy) is 1. The van der Waals surface area contributed by atoms with Gasteiger partial charge in [-0.15, -0.1) is 0 Å². The third-order valence-electron chi connectivity index (χ3n) is 7.32. The number of rotatable bonds is 8. The summed E-state index contributed by atoms with van der Waals surface area (Å²) in [5, 5.41) is 7.61. The van der Waals surface area contributed by atoms with Crippen molar-refractivity contribution in [3.8, 4) is 5.75 Å². The lowest BCUT2D eigenvalue weighted by molar-refractivity contribution is -0.119. The van der Waals surface area contributed by atoms with E-state index in [9.17, 15) is 13.8 Å². The minimum atomic E-state index is -2.91. The second kappa shape index (κ2) is 11.9. The largest absolute Gasteiger partial charge is 0.494 e. The van der Waals surface area contributed by atoms with Gasteiger partial charge in [0.2, 0.25) is 5.95 Å². The zero-order valence-corrected chi connectivity index (χ0v) is 25.9. The molecule has 0 atom stereocenters. The number of carbonyl (C=O) groups excluding carboxylic acids is 1. The number of fused-ring (bicyclic) bond motifs is 1. The highest BCUT2D eigenvalue weighted by Crippen LogP contribution is 2.42. The van der Waals surface area contributed by atoms with Gasteiger partial charge in [-0.2, -0.15) is 4.98 Å². The smallest absolute Gasteiger partial charge is 0.229 e. The van der Waals surface area contributed by atoms with Gasteiger partial charge in [-0.3, -0.25) is 9.78 Å². The molecule has 1 fully saturated rings. The number of halogens is 2. The summed E-state index contributed by atoms with van der Waals surface area (Å²) >= 11 is 6.49. The summed E-state index contributed by atoms with van der Waals surface area (Å²) in [5.74, 6) is 0.968. The minimum absolute atomic E-state index is 0.248. The zero-order chi connectivity index (χ0) is 30.2. The predicted molar refractivity (Wildman–Crippen MR) is 168 cm³/mol. The number of methoxy groups -OCH3 is 1. The Labute approximate surface area is 249 Å². The van der Waals surface area contributed by atoms with Gasteiger partial charge in [0.05, 0.1) is 35.9 Å². The van der Waals surface area contributed by atoms with Crippen LogP contribution in [0.5, 0.6) is 5.75 Å². The Bertz CT molecular complexity index is 1730. The van der Waals surface area contributed by atoms with Gasteiger partial charge in [0.25, 0.3) is 0 Å². The van der Waals surface area contributed by atoms with Crippen molar-refractivity contribution in [2.24, 2.45) is 0 Å². The van der Waals surface area contributed by atoms with Crippen LogP contribution in [-0.2, 0) is 15.8 Å². The normalized spacial score (nSPS) is 13.9. The molecule has 2 N–H and O–H groups in total. The highest BCUT2D eigenvalue weighted by Gasteiger charge is 2.24. The van der Waals surface area contributed by atoms with E-state index in [2.05, 4.69) is 37.4 Å². The van der Waals surface area contributed by atoms with E-state index >= 15 is 0 Å². The van der Waals surface area contributed by atoms with E-state index in [4.69, 9.17) is 16.3 Å². The summed E-state index contributed by atoms with van der Waals surface area (Å²) in [6, 6.07) is 8.84. The number of Topliss-reactive ketones (excluding diaryl/α,β-unsaturated/α-hetero) is 1. The second-order valence-electron chi connectivity index (χ2n) is 10.6. The zero-order valence-electron chi connectivity index (χ0n) is 24.2. The number of benzene rings is 2. The van der Waals surface area contributed by atoms with Gasteiger partial charge < -0.3 is 24.8 Å². The van der Waals surface area contributed by atoms with E-state index < -0.39 is 13.0 Å². The van der Waals surface area contributed by atoms with Crippen molar-refractivity contribution in [1.29, 1.82) is 0 Å². The van der Waals surface area contributed by atoms with Crippen LogP contribution >= 0.6 is 18.7 Å². The molecule has 42 heavy (non-hydrogen) atoms. The number of aromatic nitrogens is 3. The average Bonchev–Trinajstić information content (AvgIpc) is 2.95. The van der Waals surface area contributed by atoms with E-state index in [0.29, 0.717) is 59.3 Å². The number of nitrogens with zero attached hydrogens (tertiary/aromatic N) is 4. The fourth-order valence-electron chi connectivity index (χ4n) is 5.20. The van der Waals surface area contributed by atoms with E-state index in [1.54, 1.807) is 39.5 Å². The topological polar surface area (TPSA) is 109 Å². The average molecular weight is 611 g/mol. The maximum atomic E-state index is 14.5. The fourth-order valence-corrected chi connectivity index (χ4v) is 6.81. The first-order chi connectivity index (χ1) is 20.0. The third kappa shape index (κ3) is 6.05. The quantitative estimate of drug-likeness (QED) is 0.213. The molecule has 0 aliphatic carbocycles. The Morgan fingerprint density at radius 3 is 2.50 bits per heavy atom. The maximum absolute atomic E-state index is 14.5. The molecule has 3 heterocycles. The van der Waals surface area contributed by atoms with Gasteiger partial charge in [0, 0.05) is 48.4 Å². The highest BCUT2D eigenvalue weighted by atomic mass is 35.5. The number of hydrogen-bond acceptors (Lipinski definition) is 9. The standard InChI is InChI=1S/C30H33ClFN6O3P/c1-6-18-13-25(27(41-3)15-26(18)38-11-9-19(39)10-12-38)36-30-33-16-21(31)29(37-30)35-24-8-7-23-20(28(24)42(4,5)40)14-22(32)17(2)34-23/h7-8,13-16H,6,9-12H2,1-5H3,(H2,33,35,36,37). The summed E-state index contributed by atoms with van der Waals surface area (Å²) in [5.41, 5.74) is 4.12. The molecule has 0 saturated carbocycles. The van der Waals surface area contributed by atoms with Crippen LogP contribution in [0, 0.1) is 12.7 Å². The second-order valence-corrected chi connectivity index (χ2v) is 14.2. The Morgan fingerprint density at radius 2 is 1.83 bits per heavy atom. The van der Waals surface area contributed by atoms with Crippen molar-refractivity contribution in [2.75, 3.05) is 49.1 Å². The van der Waals surface area contributed by atoms with Crippen molar-refractivity contribution in [1.82, 2.24) is 15.0 Å². The molecule has 1 aliphatic rings. The monoisotopic (exact) mass is 610 g/mol. The molecule has 4 aromatic rings. The maximum Gasteiger partial charge on any atom is 0.229 e. The molecular weight excluding hydrogens is 578 g/mol. The van der Waals surface area contributed by atoms with Crippen LogP contribution in [0.4, 0.5) is 33.2 Å². The Balaban J connectivity index is 1.49. The van der Waals surface area contributed by atoms with Crippen LogP contribution in [-0.4, -0.2) is 54.3 Å². The molecular formula is C30H33ClFN6O3P. The number of hydrogen-bond donors (Lipinski definition) is 2. The molecule has 0 unspecified atom stereocenters. The fraction of sp³-hybridized carbons (Fsp3) is 0.333. The Hall–Kier alpha value is -3.75. The van der Waals surface area contributed by atoms with Crippen molar-refractivity contribution in [3.63, 3.8) is 0 Å². The van der Waals surface area contributed by atoms with Crippen molar-refractivity contribution < 1.29 is 18.5 Å².